The molecule has 0 saturated heterocycles. The van der Waals surface area contributed by atoms with Gasteiger partial charge < -0.3 is 10.6 Å². The van der Waals surface area contributed by atoms with Crippen LogP contribution in [0.15, 0.2) is 30.3 Å². The molecular formula is C20H25Cl2IN4O2. The second-order valence-corrected chi connectivity index (χ2v) is 10.2. The summed E-state index contributed by atoms with van der Waals surface area (Å²) in [5.41, 5.74) is -0.864. The van der Waals surface area contributed by atoms with E-state index in [0.29, 0.717) is 21.9 Å². The lowest BCUT2D eigenvalue weighted by atomic mass is 9.96. The van der Waals surface area contributed by atoms with Crippen molar-refractivity contribution in [3.8, 4) is 0 Å². The van der Waals surface area contributed by atoms with Gasteiger partial charge in [-0.3, -0.25) is 9.59 Å². The Kier molecular flexibility index (Phi) is 9.30. The molecule has 0 saturated carbocycles. The number of anilines is 2. The summed E-state index contributed by atoms with van der Waals surface area (Å²) in [5, 5.41) is 6.18. The first-order valence-electron chi connectivity index (χ1n) is 8.77. The molecule has 0 radical (unpaired) electrons. The van der Waals surface area contributed by atoms with Crippen LogP contribution in [0.4, 0.5) is 11.6 Å². The maximum absolute atomic E-state index is 11.7. The Balaban J connectivity index is 0.000000291. The van der Waals surface area contributed by atoms with Gasteiger partial charge in [0, 0.05) is 10.8 Å². The highest BCUT2D eigenvalue weighted by Gasteiger charge is 2.22. The number of pyridine rings is 2. The molecule has 2 aromatic heterocycles. The van der Waals surface area contributed by atoms with Crippen molar-refractivity contribution in [3.05, 3.63) is 44.2 Å². The third-order valence-corrected chi connectivity index (χ3v) is 4.65. The molecule has 0 aliphatic heterocycles. The van der Waals surface area contributed by atoms with Crippen molar-refractivity contribution >= 4 is 69.2 Å². The fourth-order valence-corrected chi connectivity index (χ4v) is 2.33. The van der Waals surface area contributed by atoms with Gasteiger partial charge >= 0.3 is 0 Å². The van der Waals surface area contributed by atoms with Crippen LogP contribution in [0.25, 0.3) is 0 Å². The third kappa shape index (κ3) is 9.27. The molecule has 0 spiro atoms. The number of carbonyl (C=O) groups is 2. The van der Waals surface area contributed by atoms with Gasteiger partial charge in [-0.15, -0.1) is 0 Å². The first-order valence-corrected chi connectivity index (χ1v) is 10.6. The van der Waals surface area contributed by atoms with Crippen molar-refractivity contribution in [1.29, 1.82) is 0 Å². The van der Waals surface area contributed by atoms with Crippen LogP contribution < -0.4 is 10.6 Å². The van der Waals surface area contributed by atoms with E-state index >= 15 is 0 Å². The molecule has 0 aromatic carbocycles. The zero-order valence-corrected chi connectivity index (χ0v) is 20.9. The van der Waals surface area contributed by atoms with E-state index in [0.717, 1.165) is 3.57 Å². The van der Waals surface area contributed by atoms with Gasteiger partial charge in [0.05, 0.1) is 3.57 Å². The standard InChI is InChI=1S/C10H12ClIN2O.C10H13ClN2O/c1-10(2,3)9(15)14-8-6(12)4-5-7(11)13-8;1-10(2,3)9(14)13-8-6-4-5-7(11)12-8/h4-5H,1-3H3,(H,13,14,15);4-6H,1-3H3,(H,12,13,14). The van der Waals surface area contributed by atoms with Crippen LogP contribution in [-0.4, -0.2) is 21.8 Å². The third-order valence-electron chi connectivity index (χ3n) is 3.36. The molecule has 0 unspecified atom stereocenters. The lowest BCUT2D eigenvalue weighted by Gasteiger charge is -2.17. The number of amides is 2. The van der Waals surface area contributed by atoms with Crippen LogP contribution in [0, 0.1) is 14.4 Å². The highest BCUT2D eigenvalue weighted by Crippen LogP contribution is 2.22. The van der Waals surface area contributed by atoms with Gasteiger partial charge in [0.15, 0.2) is 0 Å². The monoisotopic (exact) mass is 550 g/mol. The van der Waals surface area contributed by atoms with Crippen LogP contribution in [0.2, 0.25) is 10.3 Å². The molecule has 0 fully saturated rings. The highest BCUT2D eigenvalue weighted by atomic mass is 127. The second kappa shape index (κ2) is 10.5. The molecule has 2 heterocycles. The summed E-state index contributed by atoms with van der Waals surface area (Å²) in [6, 6.07) is 8.61. The van der Waals surface area contributed by atoms with E-state index in [2.05, 4.69) is 43.2 Å². The van der Waals surface area contributed by atoms with Gasteiger partial charge in [-0.25, -0.2) is 9.97 Å². The van der Waals surface area contributed by atoms with Gasteiger partial charge in [-0.2, -0.15) is 0 Å². The van der Waals surface area contributed by atoms with E-state index in [4.69, 9.17) is 23.2 Å². The summed E-state index contributed by atoms with van der Waals surface area (Å²) >= 11 is 13.5. The minimum Gasteiger partial charge on any atom is -0.310 e. The highest BCUT2D eigenvalue weighted by molar-refractivity contribution is 14.1. The van der Waals surface area contributed by atoms with E-state index in [-0.39, 0.29) is 11.8 Å². The Bertz CT molecular complexity index is 878. The maximum Gasteiger partial charge on any atom is 0.230 e. The normalized spacial score (nSPS) is 11.2. The quantitative estimate of drug-likeness (QED) is 0.352. The average Bonchev–Trinajstić information content (AvgIpc) is 2.57. The number of nitrogens with one attached hydrogen (secondary N) is 2. The fourth-order valence-electron chi connectivity index (χ4n) is 1.58. The summed E-state index contributed by atoms with van der Waals surface area (Å²) in [6.45, 7) is 11.1. The SMILES string of the molecule is CC(C)(C)C(=O)Nc1cccc(Cl)n1.CC(C)(C)C(=O)Nc1nc(Cl)ccc1I. The summed E-state index contributed by atoms with van der Waals surface area (Å²) < 4.78 is 0.870. The van der Waals surface area contributed by atoms with E-state index in [1.807, 2.05) is 47.6 Å². The van der Waals surface area contributed by atoms with E-state index in [9.17, 15) is 9.59 Å². The molecule has 2 aromatic rings. The van der Waals surface area contributed by atoms with Crippen LogP contribution in [0.5, 0.6) is 0 Å². The topological polar surface area (TPSA) is 84.0 Å². The Labute approximate surface area is 195 Å². The van der Waals surface area contributed by atoms with Crippen LogP contribution in [0.1, 0.15) is 41.5 Å². The number of carbonyl (C=O) groups excluding carboxylic acids is 2. The summed E-state index contributed by atoms with van der Waals surface area (Å²) in [6.07, 6.45) is 0. The van der Waals surface area contributed by atoms with Crippen molar-refractivity contribution in [2.45, 2.75) is 41.5 Å². The summed E-state index contributed by atoms with van der Waals surface area (Å²) in [7, 11) is 0. The second-order valence-electron chi connectivity index (χ2n) is 8.22. The molecule has 6 nitrogen and oxygen atoms in total. The summed E-state index contributed by atoms with van der Waals surface area (Å²) in [4.78, 5) is 31.3. The predicted molar refractivity (Wildman–Crippen MR) is 127 cm³/mol. The first-order chi connectivity index (χ1) is 13.2. The molecule has 0 atom stereocenters. The van der Waals surface area contributed by atoms with E-state index in [1.165, 1.54) is 0 Å². The van der Waals surface area contributed by atoms with Crippen LogP contribution >= 0.6 is 45.8 Å². The van der Waals surface area contributed by atoms with Crippen molar-refractivity contribution in [3.63, 3.8) is 0 Å². The molecule has 9 heteroatoms. The molecule has 2 amide bonds. The van der Waals surface area contributed by atoms with Crippen molar-refractivity contribution in [2.24, 2.45) is 10.8 Å². The largest absolute Gasteiger partial charge is 0.310 e. The smallest absolute Gasteiger partial charge is 0.230 e. The lowest BCUT2D eigenvalue weighted by molar-refractivity contribution is -0.123. The Hall–Kier alpha value is -1.45. The lowest BCUT2D eigenvalue weighted by Crippen LogP contribution is -2.28. The number of hydrogen-bond donors (Lipinski definition) is 2. The zero-order chi connectivity index (χ0) is 22.4. The van der Waals surface area contributed by atoms with Crippen LogP contribution in [-0.2, 0) is 9.59 Å². The Morgan fingerprint density at radius 3 is 1.86 bits per heavy atom. The maximum atomic E-state index is 11.7. The summed E-state index contributed by atoms with van der Waals surface area (Å²) in [5.74, 6) is 0.850. The minimum absolute atomic E-state index is 0.0739. The minimum atomic E-state index is -0.437. The predicted octanol–water partition coefficient (Wildman–Crippen LogP) is 6.04. The van der Waals surface area contributed by atoms with E-state index < -0.39 is 10.8 Å². The Morgan fingerprint density at radius 1 is 0.828 bits per heavy atom. The van der Waals surface area contributed by atoms with E-state index in [1.54, 1.807) is 24.3 Å². The first kappa shape index (κ1) is 25.6. The number of aromatic nitrogens is 2. The molecule has 0 aliphatic rings. The number of hydrogen-bond acceptors (Lipinski definition) is 4. The molecule has 2 N–H and O–H groups in total. The van der Waals surface area contributed by atoms with Gasteiger partial charge in [0.25, 0.3) is 0 Å². The molecule has 29 heavy (non-hydrogen) atoms. The molecule has 0 bridgehead atoms. The molecular weight excluding hydrogens is 526 g/mol. The van der Waals surface area contributed by atoms with Crippen molar-refractivity contribution < 1.29 is 9.59 Å². The Morgan fingerprint density at radius 2 is 1.34 bits per heavy atom. The van der Waals surface area contributed by atoms with Gasteiger partial charge in [0.2, 0.25) is 11.8 Å². The van der Waals surface area contributed by atoms with Gasteiger partial charge in [-0.05, 0) is 46.9 Å². The molecule has 2 rings (SSSR count). The van der Waals surface area contributed by atoms with Crippen molar-refractivity contribution in [2.75, 3.05) is 10.6 Å². The van der Waals surface area contributed by atoms with Crippen molar-refractivity contribution in [1.82, 2.24) is 9.97 Å². The molecule has 158 valence electrons. The average molecular weight is 551 g/mol. The van der Waals surface area contributed by atoms with Gasteiger partial charge in [0.1, 0.15) is 21.9 Å². The number of rotatable bonds is 2. The fraction of sp³-hybridized carbons (Fsp3) is 0.400. The number of nitrogens with zero attached hydrogens (tertiary/aromatic N) is 2. The van der Waals surface area contributed by atoms with Gasteiger partial charge in [-0.1, -0.05) is 70.8 Å². The number of halogens is 3. The zero-order valence-electron chi connectivity index (χ0n) is 17.2. The van der Waals surface area contributed by atoms with Crippen LogP contribution in [0.3, 0.4) is 0 Å². The molecule has 0 aliphatic carbocycles.